The van der Waals surface area contributed by atoms with Gasteiger partial charge < -0.3 is 5.32 Å². The van der Waals surface area contributed by atoms with E-state index in [1.807, 2.05) is 64.1 Å². The van der Waals surface area contributed by atoms with Gasteiger partial charge in [0.15, 0.2) is 0 Å². The van der Waals surface area contributed by atoms with Crippen LogP contribution in [-0.4, -0.2) is 26.6 Å². The minimum atomic E-state index is -3.63. The van der Waals surface area contributed by atoms with Gasteiger partial charge in [-0.05, 0) is 44.4 Å². The van der Waals surface area contributed by atoms with E-state index in [-0.39, 0.29) is 11.9 Å². The maximum Gasteiger partial charge on any atom is 0.244 e. The lowest BCUT2D eigenvalue weighted by Gasteiger charge is -2.31. The fourth-order valence-electron chi connectivity index (χ4n) is 3.24. The molecule has 0 heterocycles. The second-order valence-corrected chi connectivity index (χ2v) is 9.06. The highest BCUT2D eigenvalue weighted by Gasteiger charge is 2.32. The SMILES string of the molecule is CCC(NC(=O)C(CC)N(c1ccc(C)cc1)S(C)(=O)=O)c1ccc(C)cc1. The summed E-state index contributed by atoms with van der Waals surface area (Å²) in [7, 11) is -3.63. The molecule has 0 spiro atoms. The highest BCUT2D eigenvalue weighted by atomic mass is 32.2. The summed E-state index contributed by atoms with van der Waals surface area (Å²) in [6.07, 6.45) is 2.23. The molecule has 6 heteroatoms. The fourth-order valence-corrected chi connectivity index (χ4v) is 4.45. The van der Waals surface area contributed by atoms with Crippen molar-refractivity contribution in [1.82, 2.24) is 5.32 Å². The normalized spacial score (nSPS) is 13.6. The number of nitrogens with one attached hydrogen (secondary N) is 1. The Morgan fingerprint density at radius 1 is 0.929 bits per heavy atom. The first-order valence-corrected chi connectivity index (χ1v) is 11.4. The molecule has 28 heavy (non-hydrogen) atoms. The van der Waals surface area contributed by atoms with Crippen molar-refractivity contribution >= 4 is 21.6 Å². The summed E-state index contributed by atoms with van der Waals surface area (Å²) in [6, 6.07) is 14.2. The van der Waals surface area contributed by atoms with Crippen molar-refractivity contribution in [2.75, 3.05) is 10.6 Å². The maximum absolute atomic E-state index is 13.1. The van der Waals surface area contributed by atoms with E-state index in [0.29, 0.717) is 18.5 Å². The van der Waals surface area contributed by atoms with Crippen LogP contribution in [0.5, 0.6) is 0 Å². The van der Waals surface area contributed by atoms with Crippen molar-refractivity contribution in [3.63, 3.8) is 0 Å². The number of rotatable bonds is 8. The van der Waals surface area contributed by atoms with Gasteiger partial charge in [-0.25, -0.2) is 8.42 Å². The first-order valence-electron chi connectivity index (χ1n) is 9.60. The molecule has 0 bridgehead atoms. The van der Waals surface area contributed by atoms with Crippen LogP contribution in [0.3, 0.4) is 0 Å². The Kier molecular flexibility index (Phi) is 7.24. The summed E-state index contributed by atoms with van der Waals surface area (Å²) in [5.41, 5.74) is 3.69. The summed E-state index contributed by atoms with van der Waals surface area (Å²) >= 11 is 0. The number of benzene rings is 2. The molecule has 2 atom stereocenters. The molecule has 2 rings (SSSR count). The molecular weight excluding hydrogens is 372 g/mol. The van der Waals surface area contributed by atoms with E-state index in [0.717, 1.165) is 22.9 Å². The third-order valence-corrected chi connectivity index (χ3v) is 6.00. The maximum atomic E-state index is 13.1. The van der Waals surface area contributed by atoms with Crippen LogP contribution in [-0.2, 0) is 14.8 Å². The number of nitrogens with zero attached hydrogens (tertiary/aromatic N) is 1. The van der Waals surface area contributed by atoms with Gasteiger partial charge in [-0.1, -0.05) is 61.4 Å². The van der Waals surface area contributed by atoms with Crippen molar-refractivity contribution in [3.8, 4) is 0 Å². The molecule has 0 fully saturated rings. The van der Waals surface area contributed by atoms with Crippen LogP contribution in [0.2, 0.25) is 0 Å². The van der Waals surface area contributed by atoms with Crippen LogP contribution in [0.25, 0.3) is 0 Å². The van der Waals surface area contributed by atoms with Gasteiger partial charge in [-0.2, -0.15) is 0 Å². The van der Waals surface area contributed by atoms with Gasteiger partial charge in [-0.15, -0.1) is 0 Å². The van der Waals surface area contributed by atoms with E-state index in [4.69, 9.17) is 0 Å². The number of amides is 1. The third kappa shape index (κ3) is 5.35. The van der Waals surface area contributed by atoms with E-state index in [1.165, 1.54) is 4.31 Å². The zero-order valence-electron chi connectivity index (χ0n) is 17.3. The molecule has 5 nitrogen and oxygen atoms in total. The van der Waals surface area contributed by atoms with E-state index in [1.54, 1.807) is 12.1 Å². The van der Waals surface area contributed by atoms with Crippen LogP contribution in [0.15, 0.2) is 48.5 Å². The lowest BCUT2D eigenvalue weighted by molar-refractivity contribution is -0.123. The van der Waals surface area contributed by atoms with Gasteiger partial charge >= 0.3 is 0 Å². The van der Waals surface area contributed by atoms with E-state index in [9.17, 15) is 13.2 Å². The molecule has 152 valence electrons. The van der Waals surface area contributed by atoms with Crippen molar-refractivity contribution < 1.29 is 13.2 Å². The van der Waals surface area contributed by atoms with E-state index < -0.39 is 16.1 Å². The van der Waals surface area contributed by atoms with Crippen LogP contribution >= 0.6 is 0 Å². The molecule has 0 aliphatic heterocycles. The average Bonchev–Trinajstić information content (AvgIpc) is 2.64. The number of anilines is 1. The summed E-state index contributed by atoms with van der Waals surface area (Å²) in [5, 5.41) is 3.04. The quantitative estimate of drug-likeness (QED) is 0.722. The Hall–Kier alpha value is -2.34. The van der Waals surface area contributed by atoms with Gasteiger partial charge in [-0.3, -0.25) is 9.10 Å². The number of carbonyl (C=O) groups excluding carboxylic acids is 1. The summed E-state index contributed by atoms with van der Waals surface area (Å²) in [6.45, 7) is 7.78. The second kappa shape index (κ2) is 9.24. The molecule has 2 aromatic carbocycles. The Bertz CT molecular complexity index is 890. The van der Waals surface area contributed by atoms with Crippen LogP contribution in [0.4, 0.5) is 5.69 Å². The number of hydrogen-bond donors (Lipinski definition) is 1. The first kappa shape index (κ1) is 22.0. The van der Waals surface area contributed by atoms with Crippen LogP contribution in [0, 0.1) is 13.8 Å². The minimum Gasteiger partial charge on any atom is -0.347 e. The molecular formula is C22H30N2O3S. The average molecular weight is 403 g/mol. The monoisotopic (exact) mass is 402 g/mol. The number of hydrogen-bond acceptors (Lipinski definition) is 3. The number of aryl methyl sites for hydroxylation is 2. The Balaban J connectivity index is 2.32. The largest absolute Gasteiger partial charge is 0.347 e. The van der Waals surface area contributed by atoms with Crippen molar-refractivity contribution in [1.29, 1.82) is 0 Å². The molecule has 2 unspecified atom stereocenters. The molecule has 0 saturated heterocycles. The first-order chi connectivity index (χ1) is 13.2. The molecule has 0 aliphatic rings. The molecule has 2 aromatic rings. The lowest BCUT2D eigenvalue weighted by atomic mass is 10.0. The van der Waals surface area contributed by atoms with Crippen LogP contribution < -0.4 is 9.62 Å². The molecule has 1 amide bonds. The van der Waals surface area contributed by atoms with Gasteiger partial charge in [0.05, 0.1) is 18.0 Å². The van der Waals surface area contributed by atoms with Gasteiger partial charge in [0, 0.05) is 0 Å². The van der Waals surface area contributed by atoms with Gasteiger partial charge in [0.2, 0.25) is 15.9 Å². The zero-order valence-corrected chi connectivity index (χ0v) is 18.1. The van der Waals surface area contributed by atoms with Crippen molar-refractivity contribution in [3.05, 3.63) is 65.2 Å². The smallest absolute Gasteiger partial charge is 0.244 e. The predicted octanol–water partition coefficient (Wildman–Crippen LogP) is 4.12. The molecule has 0 aromatic heterocycles. The summed E-state index contributed by atoms with van der Waals surface area (Å²) in [4.78, 5) is 13.1. The molecule has 0 saturated carbocycles. The summed E-state index contributed by atoms with van der Waals surface area (Å²) in [5.74, 6) is -0.291. The lowest BCUT2D eigenvalue weighted by Crippen LogP contribution is -2.50. The third-order valence-electron chi connectivity index (χ3n) is 4.82. The standard InChI is InChI=1S/C22H30N2O3S/c1-6-20(18-12-8-16(3)9-13-18)23-22(25)21(7-2)24(28(5,26)27)19-14-10-17(4)11-15-19/h8-15,20-21H,6-7H2,1-5H3,(H,23,25). The Morgan fingerprint density at radius 2 is 1.43 bits per heavy atom. The van der Waals surface area contributed by atoms with E-state index in [2.05, 4.69) is 5.32 Å². The zero-order chi connectivity index (χ0) is 20.9. The Morgan fingerprint density at radius 3 is 1.86 bits per heavy atom. The molecule has 0 radical (unpaired) electrons. The number of carbonyl (C=O) groups is 1. The second-order valence-electron chi connectivity index (χ2n) is 7.20. The van der Waals surface area contributed by atoms with E-state index >= 15 is 0 Å². The topological polar surface area (TPSA) is 66.5 Å². The van der Waals surface area contributed by atoms with Crippen molar-refractivity contribution in [2.24, 2.45) is 0 Å². The highest BCUT2D eigenvalue weighted by molar-refractivity contribution is 7.92. The Labute approximate surface area is 168 Å². The summed E-state index contributed by atoms with van der Waals surface area (Å²) < 4.78 is 26.3. The molecule has 1 N–H and O–H groups in total. The fraction of sp³-hybridized carbons (Fsp3) is 0.409. The molecule has 0 aliphatic carbocycles. The van der Waals surface area contributed by atoms with Crippen LogP contribution in [0.1, 0.15) is 49.4 Å². The minimum absolute atomic E-state index is 0.165. The number of sulfonamides is 1. The predicted molar refractivity (Wildman–Crippen MR) is 115 cm³/mol. The van der Waals surface area contributed by atoms with Gasteiger partial charge in [0.1, 0.15) is 6.04 Å². The highest BCUT2D eigenvalue weighted by Crippen LogP contribution is 2.24. The van der Waals surface area contributed by atoms with Gasteiger partial charge in [0.25, 0.3) is 0 Å². The van der Waals surface area contributed by atoms with Crippen molar-refractivity contribution in [2.45, 2.75) is 52.6 Å².